The second-order valence-corrected chi connectivity index (χ2v) is 7.35. The zero-order chi connectivity index (χ0) is 17.9. The third-order valence-electron chi connectivity index (χ3n) is 3.20. The highest BCUT2D eigenvalue weighted by Gasteiger charge is 2.17. The Morgan fingerprint density at radius 3 is 2.88 bits per heavy atom. The van der Waals surface area contributed by atoms with Gasteiger partial charge in [-0.05, 0) is 50.6 Å². The van der Waals surface area contributed by atoms with E-state index in [9.17, 15) is 4.79 Å². The van der Waals surface area contributed by atoms with Gasteiger partial charge in [-0.1, -0.05) is 18.2 Å². The number of rotatable bonds is 3. The number of pyridine rings is 1. The molecule has 6 heteroatoms. The number of ether oxygens (including phenoxy) is 1. The van der Waals surface area contributed by atoms with Crippen LogP contribution < -0.4 is 5.32 Å². The Balaban J connectivity index is 1.67. The summed E-state index contributed by atoms with van der Waals surface area (Å²) < 4.78 is 5.21. The summed E-state index contributed by atoms with van der Waals surface area (Å²) in [5.41, 5.74) is 2.28. The van der Waals surface area contributed by atoms with Crippen LogP contribution in [-0.2, 0) is 4.74 Å². The Bertz CT molecular complexity index is 926. The molecule has 128 valence electrons. The van der Waals surface area contributed by atoms with Gasteiger partial charge < -0.3 is 4.74 Å². The Kier molecular flexibility index (Phi) is 4.81. The molecule has 25 heavy (non-hydrogen) atoms. The van der Waals surface area contributed by atoms with Crippen molar-refractivity contribution >= 4 is 45.6 Å². The van der Waals surface area contributed by atoms with Gasteiger partial charge in [-0.15, -0.1) is 11.3 Å². The smallest absolute Gasteiger partial charge is 0.413 e. The van der Waals surface area contributed by atoms with Gasteiger partial charge >= 0.3 is 6.09 Å². The Morgan fingerprint density at radius 2 is 2.08 bits per heavy atom. The van der Waals surface area contributed by atoms with E-state index in [0.717, 1.165) is 22.2 Å². The van der Waals surface area contributed by atoms with Crippen LogP contribution in [0.4, 0.5) is 9.93 Å². The lowest BCUT2D eigenvalue weighted by atomic mass is 10.1. The highest BCUT2D eigenvalue weighted by atomic mass is 32.1. The second-order valence-electron chi connectivity index (χ2n) is 6.49. The number of amides is 1. The molecular weight excluding hydrogens is 334 g/mol. The molecule has 0 saturated carbocycles. The number of carbonyl (C=O) groups is 1. The van der Waals surface area contributed by atoms with E-state index >= 15 is 0 Å². The van der Waals surface area contributed by atoms with E-state index in [1.54, 1.807) is 6.20 Å². The van der Waals surface area contributed by atoms with E-state index in [4.69, 9.17) is 4.74 Å². The number of anilines is 1. The summed E-state index contributed by atoms with van der Waals surface area (Å²) in [5, 5.41) is 6.13. The first kappa shape index (κ1) is 17.1. The first-order valence-electron chi connectivity index (χ1n) is 7.87. The number of benzene rings is 1. The zero-order valence-corrected chi connectivity index (χ0v) is 15.1. The molecule has 3 rings (SSSR count). The molecular formula is C19H19N3O2S. The summed E-state index contributed by atoms with van der Waals surface area (Å²) in [4.78, 5) is 20.4. The molecule has 0 unspecified atom stereocenters. The number of aromatic nitrogens is 2. The Morgan fingerprint density at radius 1 is 1.24 bits per heavy atom. The molecule has 1 aromatic carbocycles. The van der Waals surface area contributed by atoms with Gasteiger partial charge in [-0.25, -0.2) is 9.78 Å². The fourth-order valence-corrected chi connectivity index (χ4v) is 2.85. The minimum atomic E-state index is -0.533. The lowest BCUT2D eigenvalue weighted by Crippen LogP contribution is -2.27. The van der Waals surface area contributed by atoms with Crippen molar-refractivity contribution in [3.63, 3.8) is 0 Å². The maximum Gasteiger partial charge on any atom is 0.413 e. The standard InChI is InChI=1S/C19H19N3O2S/c1-19(2,3)24-18(23)22-17-21-15(12-25-17)8-6-13-7-9-16-14(11-13)5-4-10-20-16/h4-12H,1-3H3,(H,21,22,23). The fraction of sp³-hybridized carbons (Fsp3) is 0.211. The molecule has 1 amide bonds. The minimum Gasteiger partial charge on any atom is -0.444 e. The summed E-state index contributed by atoms with van der Waals surface area (Å²) >= 11 is 1.36. The van der Waals surface area contributed by atoms with Gasteiger partial charge in [-0.2, -0.15) is 0 Å². The van der Waals surface area contributed by atoms with Gasteiger partial charge in [0, 0.05) is 17.0 Å². The molecule has 3 aromatic rings. The summed E-state index contributed by atoms with van der Waals surface area (Å²) in [6.07, 6.45) is 5.18. The maximum absolute atomic E-state index is 11.8. The van der Waals surface area contributed by atoms with E-state index in [2.05, 4.69) is 21.4 Å². The molecule has 0 spiro atoms. The predicted molar refractivity (Wildman–Crippen MR) is 103 cm³/mol. The number of nitrogens with zero attached hydrogens (tertiary/aromatic N) is 2. The molecule has 5 nitrogen and oxygen atoms in total. The average Bonchev–Trinajstić information content (AvgIpc) is 2.98. The molecule has 0 fully saturated rings. The molecule has 2 heterocycles. The zero-order valence-electron chi connectivity index (χ0n) is 14.3. The van der Waals surface area contributed by atoms with Crippen molar-refractivity contribution in [3.05, 3.63) is 53.2 Å². The number of hydrogen-bond acceptors (Lipinski definition) is 5. The second kappa shape index (κ2) is 7.03. The van der Waals surface area contributed by atoms with Gasteiger partial charge in [0.25, 0.3) is 0 Å². The third-order valence-corrected chi connectivity index (χ3v) is 3.98. The van der Waals surface area contributed by atoms with Crippen LogP contribution in [0.3, 0.4) is 0 Å². The van der Waals surface area contributed by atoms with Crippen LogP contribution in [0, 0.1) is 0 Å². The van der Waals surface area contributed by atoms with Crippen LogP contribution in [0.2, 0.25) is 0 Å². The van der Waals surface area contributed by atoms with Gasteiger partial charge in [-0.3, -0.25) is 10.3 Å². The largest absolute Gasteiger partial charge is 0.444 e. The predicted octanol–water partition coefficient (Wildman–Crippen LogP) is 5.21. The van der Waals surface area contributed by atoms with Crippen LogP contribution in [0.1, 0.15) is 32.0 Å². The van der Waals surface area contributed by atoms with E-state index in [-0.39, 0.29) is 0 Å². The van der Waals surface area contributed by atoms with E-state index < -0.39 is 11.7 Å². The molecule has 0 saturated heterocycles. The van der Waals surface area contributed by atoms with Crippen LogP contribution in [0.5, 0.6) is 0 Å². The molecule has 0 aliphatic rings. The number of nitrogens with one attached hydrogen (secondary N) is 1. The number of thiazole rings is 1. The van der Waals surface area contributed by atoms with Gasteiger partial charge in [0.1, 0.15) is 5.60 Å². The van der Waals surface area contributed by atoms with Crippen molar-refractivity contribution in [2.45, 2.75) is 26.4 Å². The highest BCUT2D eigenvalue weighted by molar-refractivity contribution is 7.14. The molecule has 1 N–H and O–H groups in total. The maximum atomic E-state index is 11.8. The highest BCUT2D eigenvalue weighted by Crippen LogP contribution is 2.20. The van der Waals surface area contributed by atoms with Crippen LogP contribution in [0.25, 0.3) is 23.1 Å². The van der Waals surface area contributed by atoms with Gasteiger partial charge in [0.2, 0.25) is 0 Å². The van der Waals surface area contributed by atoms with Crippen LogP contribution >= 0.6 is 11.3 Å². The number of hydrogen-bond donors (Lipinski definition) is 1. The van der Waals surface area contributed by atoms with E-state index in [1.165, 1.54) is 11.3 Å². The SMILES string of the molecule is CC(C)(C)OC(=O)Nc1nc(C=Cc2ccc3ncccc3c2)cs1. The Hall–Kier alpha value is -2.73. The van der Waals surface area contributed by atoms with Crippen molar-refractivity contribution < 1.29 is 9.53 Å². The van der Waals surface area contributed by atoms with Crippen molar-refractivity contribution in [1.82, 2.24) is 9.97 Å². The Labute approximate surface area is 150 Å². The quantitative estimate of drug-likeness (QED) is 0.702. The number of fused-ring (bicyclic) bond motifs is 1. The lowest BCUT2D eigenvalue weighted by Gasteiger charge is -2.18. The van der Waals surface area contributed by atoms with Crippen molar-refractivity contribution in [2.75, 3.05) is 5.32 Å². The third kappa shape index (κ3) is 4.87. The summed E-state index contributed by atoms with van der Waals surface area (Å²) in [6.45, 7) is 5.46. The molecule has 0 bridgehead atoms. The normalized spacial score (nSPS) is 11.8. The summed E-state index contributed by atoms with van der Waals surface area (Å²) in [5.74, 6) is 0. The van der Waals surface area contributed by atoms with E-state index in [1.807, 2.05) is 62.6 Å². The fourth-order valence-electron chi connectivity index (χ4n) is 2.19. The van der Waals surface area contributed by atoms with Crippen molar-refractivity contribution in [3.8, 4) is 0 Å². The van der Waals surface area contributed by atoms with Gasteiger partial charge in [0.05, 0.1) is 11.2 Å². The molecule has 0 atom stereocenters. The first-order valence-corrected chi connectivity index (χ1v) is 8.75. The molecule has 0 aliphatic heterocycles. The monoisotopic (exact) mass is 353 g/mol. The molecule has 2 aromatic heterocycles. The first-order chi connectivity index (χ1) is 11.9. The van der Waals surface area contributed by atoms with Crippen LogP contribution in [-0.4, -0.2) is 21.7 Å². The molecule has 0 radical (unpaired) electrons. The topological polar surface area (TPSA) is 64.1 Å². The molecule has 0 aliphatic carbocycles. The van der Waals surface area contributed by atoms with Crippen molar-refractivity contribution in [2.24, 2.45) is 0 Å². The minimum absolute atomic E-state index is 0.501. The number of carbonyl (C=O) groups excluding carboxylic acids is 1. The van der Waals surface area contributed by atoms with E-state index in [0.29, 0.717) is 5.13 Å². The van der Waals surface area contributed by atoms with Crippen molar-refractivity contribution in [1.29, 1.82) is 0 Å². The average molecular weight is 353 g/mol. The lowest BCUT2D eigenvalue weighted by molar-refractivity contribution is 0.0636. The summed E-state index contributed by atoms with van der Waals surface area (Å²) in [6, 6.07) is 10.0. The summed E-state index contributed by atoms with van der Waals surface area (Å²) in [7, 11) is 0. The van der Waals surface area contributed by atoms with Gasteiger partial charge in [0.15, 0.2) is 5.13 Å². The van der Waals surface area contributed by atoms with Crippen LogP contribution in [0.15, 0.2) is 41.9 Å².